The molecule has 2 aromatic carbocycles. The minimum absolute atomic E-state index is 0.234. The van der Waals surface area contributed by atoms with Gasteiger partial charge in [-0.3, -0.25) is 4.79 Å². The number of hydrogen-bond donors (Lipinski definition) is 1. The second kappa shape index (κ2) is 6.79. The highest BCUT2D eigenvalue weighted by Gasteiger charge is 2.33. The zero-order valence-electron chi connectivity index (χ0n) is 14.7. The first-order chi connectivity index (χ1) is 12.7. The second-order valence-corrected chi connectivity index (χ2v) is 6.94. The Kier molecular flexibility index (Phi) is 4.33. The average Bonchev–Trinajstić information content (AvgIpc) is 3.21. The van der Waals surface area contributed by atoms with E-state index in [0.717, 1.165) is 47.7 Å². The van der Waals surface area contributed by atoms with E-state index in [1.165, 1.54) is 11.3 Å². The number of benzene rings is 2. The standard InChI is InChI=1S/C22H22N2O2/c23-22(26)17-11-12-19-21(17)20-16(9-5-13-25)8-4-10-18(20)24(19)14-15-6-2-1-3-7-15/h1-4,6-8,10,13,17H,5,9,11-12,14H2,(H2,23,26). The van der Waals surface area contributed by atoms with Crippen molar-refractivity contribution in [1.82, 2.24) is 4.57 Å². The molecule has 4 nitrogen and oxygen atoms in total. The Morgan fingerprint density at radius 2 is 1.96 bits per heavy atom. The molecule has 1 unspecified atom stereocenters. The van der Waals surface area contributed by atoms with Crippen molar-refractivity contribution in [2.75, 3.05) is 0 Å². The van der Waals surface area contributed by atoms with Gasteiger partial charge in [-0.25, -0.2) is 0 Å². The molecule has 4 rings (SSSR count). The maximum atomic E-state index is 12.1. The Hall–Kier alpha value is -2.88. The Balaban J connectivity index is 1.92. The fourth-order valence-corrected chi connectivity index (χ4v) is 4.28. The monoisotopic (exact) mass is 346 g/mol. The molecule has 0 bridgehead atoms. The van der Waals surface area contributed by atoms with Gasteiger partial charge in [0.1, 0.15) is 6.29 Å². The van der Waals surface area contributed by atoms with Crippen LogP contribution in [0, 0.1) is 0 Å². The van der Waals surface area contributed by atoms with Gasteiger partial charge in [0.25, 0.3) is 0 Å². The quantitative estimate of drug-likeness (QED) is 0.696. The molecule has 0 spiro atoms. The molecule has 3 aromatic rings. The third-order valence-corrected chi connectivity index (χ3v) is 5.40. The second-order valence-electron chi connectivity index (χ2n) is 6.94. The molecular weight excluding hydrogens is 324 g/mol. The summed E-state index contributed by atoms with van der Waals surface area (Å²) >= 11 is 0. The number of aryl methyl sites for hydroxylation is 1. The summed E-state index contributed by atoms with van der Waals surface area (Å²) in [5.74, 6) is -0.491. The highest BCUT2D eigenvalue weighted by atomic mass is 16.1. The van der Waals surface area contributed by atoms with Crippen molar-refractivity contribution < 1.29 is 9.59 Å². The largest absolute Gasteiger partial charge is 0.369 e. The van der Waals surface area contributed by atoms with Crippen molar-refractivity contribution >= 4 is 23.1 Å². The number of carbonyl (C=O) groups excluding carboxylic acids is 2. The van der Waals surface area contributed by atoms with Gasteiger partial charge in [-0.2, -0.15) is 0 Å². The molecule has 1 heterocycles. The van der Waals surface area contributed by atoms with Gasteiger partial charge in [0, 0.05) is 29.6 Å². The lowest BCUT2D eigenvalue weighted by Gasteiger charge is -2.11. The van der Waals surface area contributed by atoms with E-state index in [4.69, 9.17) is 5.73 Å². The summed E-state index contributed by atoms with van der Waals surface area (Å²) in [6.45, 7) is 0.773. The number of rotatable bonds is 6. The summed E-state index contributed by atoms with van der Waals surface area (Å²) in [5.41, 5.74) is 11.5. The van der Waals surface area contributed by atoms with E-state index in [1.54, 1.807) is 0 Å². The summed E-state index contributed by atoms with van der Waals surface area (Å²) in [6, 6.07) is 16.6. The number of carbonyl (C=O) groups is 2. The molecule has 1 atom stereocenters. The smallest absolute Gasteiger partial charge is 0.225 e. The zero-order chi connectivity index (χ0) is 18.1. The number of nitrogens with zero attached hydrogens (tertiary/aromatic N) is 1. The van der Waals surface area contributed by atoms with Crippen molar-refractivity contribution in [3.8, 4) is 0 Å². The summed E-state index contributed by atoms with van der Waals surface area (Å²) in [5, 5.41) is 1.13. The van der Waals surface area contributed by atoms with E-state index in [-0.39, 0.29) is 11.8 Å². The first-order valence-corrected chi connectivity index (χ1v) is 9.10. The van der Waals surface area contributed by atoms with Crippen LogP contribution in [0.15, 0.2) is 48.5 Å². The molecule has 1 aliphatic rings. The minimum Gasteiger partial charge on any atom is -0.369 e. The van der Waals surface area contributed by atoms with Crippen LogP contribution in [0.2, 0.25) is 0 Å². The lowest BCUT2D eigenvalue weighted by molar-refractivity contribution is -0.119. The van der Waals surface area contributed by atoms with Gasteiger partial charge >= 0.3 is 0 Å². The summed E-state index contributed by atoms with van der Waals surface area (Å²) in [6.07, 6.45) is 3.75. The van der Waals surface area contributed by atoms with Crippen molar-refractivity contribution in [1.29, 1.82) is 0 Å². The molecule has 0 radical (unpaired) electrons. The number of fused-ring (bicyclic) bond motifs is 3. The van der Waals surface area contributed by atoms with Gasteiger partial charge in [0.05, 0.1) is 5.92 Å². The highest BCUT2D eigenvalue weighted by Crippen LogP contribution is 2.42. The van der Waals surface area contributed by atoms with Gasteiger partial charge in [-0.1, -0.05) is 42.5 Å². The first-order valence-electron chi connectivity index (χ1n) is 9.10. The van der Waals surface area contributed by atoms with Crippen LogP contribution in [0.4, 0.5) is 0 Å². The molecule has 1 aromatic heterocycles. The summed E-state index contributed by atoms with van der Waals surface area (Å²) in [7, 11) is 0. The molecular formula is C22H22N2O2. The van der Waals surface area contributed by atoms with Crippen molar-refractivity contribution in [2.45, 2.75) is 38.1 Å². The van der Waals surface area contributed by atoms with Gasteiger partial charge in [-0.15, -0.1) is 0 Å². The molecule has 2 N–H and O–H groups in total. The Morgan fingerprint density at radius 1 is 1.15 bits per heavy atom. The number of aldehydes is 1. The maximum absolute atomic E-state index is 12.1. The number of amides is 1. The number of aromatic nitrogens is 1. The van der Waals surface area contributed by atoms with Crippen LogP contribution >= 0.6 is 0 Å². The molecule has 1 aliphatic carbocycles. The van der Waals surface area contributed by atoms with E-state index >= 15 is 0 Å². The molecule has 0 aliphatic heterocycles. The van der Waals surface area contributed by atoms with E-state index in [1.807, 2.05) is 24.3 Å². The fourth-order valence-electron chi connectivity index (χ4n) is 4.28. The average molecular weight is 346 g/mol. The van der Waals surface area contributed by atoms with E-state index in [2.05, 4.69) is 28.8 Å². The maximum Gasteiger partial charge on any atom is 0.225 e. The molecule has 26 heavy (non-hydrogen) atoms. The van der Waals surface area contributed by atoms with Crippen LogP contribution in [0.25, 0.3) is 10.9 Å². The fraction of sp³-hybridized carbons (Fsp3) is 0.273. The SMILES string of the molecule is NC(=O)C1CCc2c1c1c(CCC=O)cccc1n2Cc1ccccc1. The Morgan fingerprint density at radius 3 is 2.69 bits per heavy atom. The predicted molar refractivity (Wildman–Crippen MR) is 102 cm³/mol. The first kappa shape index (κ1) is 16.6. The Labute approximate surface area is 152 Å². The van der Waals surface area contributed by atoms with Crippen LogP contribution in [-0.2, 0) is 29.0 Å². The normalized spacial score (nSPS) is 15.9. The van der Waals surface area contributed by atoms with Gasteiger partial charge in [0.2, 0.25) is 5.91 Å². The van der Waals surface area contributed by atoms with Crippen LogP contribution in [0.1, 0.15) is 41.1 Å². The third-order valence-electron chi connectivity index (χ3n) is 5.40. The lowest BCUT2D eigenvalue weighted by atomic mass is 9.95. The molecule has 1 amide bonds. The third kappa shape index (κ3) is 2.71. The number of nitrogens with two attached hydrogens (primary N) is 1. The summed E-state index contributed by atoms with van der Waals surface area (Å²) < 4.78 is 2.33. The molecule has 0 saturated heterocycles. The molecule has 0 fully saturated rings. The van der Waals surface area contributed by atoms with Crippen LogP contribution in [0.3, 0.4) is 0 Å². The highest BCUT2D eigenvalue weighted by molar-refractivity contribution is 5.96. The molecule has 4 heteroatoms. The van der Waals surface area contributed by atoms with E-state index in [0.29, 0.717) is 12.8 Å². The van der Waals surface area contributed by atoms with Crippen molar-refractivity contribution in [3.63, 3.8) is 0 Å². The van der Waals surface area contributed by atoms with Crippen LogP contribution in [0.5, 0.6) is 0 Å². The van der Waals surface area contributed by atoms with Gasteiger partial charge < -0.3 is 15.1 Å². The van der Waals surface area contributed by atoms with E-state index in [9.17, 15) is 9.59 Å². The van der Waals surface area contributed by atoms with Gasteiger partial charge in [-0.05, 0) is 42.0 Å². The lowest BCUT2D eigenvalue weighted by Crippen LogP contribution is -2.19. The number of primary amides is 1. The molecule has 132 valence electrons. The topological polar surface area (TPSA) is 65.1 Å². The minimum atomic E-state index is -0.257. The predicted octanol–water partition coefficient (Wildman–Crippen LogP) is 3.34. The van der Waals surface area contributed by atoms with Crippen molar-refractivity contribution in [2.24, 2.45) is 5.73 Å². The Bertz CT molecular complexity index is 973. The van der Waals surface area contributed by atoms with E-state index < -0.39 is 0 Å². The molecule has 0 saturated carbocycles. The van der Waals surface area contributed by atoms with Crippen molar-refractivity contribution in [3.05, 3.63) is 70.9 Å². The van der Waals surface area contributed by atoms with Crippen LogP contribution < -0.4 is 5.73 Å². The van der Waals surface area contributed by atoms with Gasteiger partial charge in [0.15, 0.2) is 0 Å². The zero-order valence-corrected chi connectivity index (χ0v) is 14.7. The number of hydrogen-bond acceptors (Lipinski definition) is 2. The van der Waals surface area contributed by atoms with Crippen LogP contribution in [-0.4, -0.2) is 16.8 Å². The summed E-state index contributed by atoms with van der Waals surface area (Å²) in [4.78, 5) is 22.9.